The zero-order valence-corrected chi connectivity index (χ0v) is 15.3. The van der Waals surface area contributed by atoms with Gasteiger partial charge < -0.3 is 10.6 Å². The van der Waals surface area contributed by atoms with Gasteiger partial charge in [-0.15, -0.1) is 0 Å². The Kier molecular flexibility index (Phi) is 5.07. The molecular weight excluding hydrogens is 324 g/mol. The summed E-state index contributed by atoms with van der Waals surface area (Å²) in [5.41, 5.74) is 2.94. The number of amides is 1. The quantitative estimate of drug-likeness (QED) is 0.889. The Morgan fingerprint density at radius 2 is 1.96 bits per heavy atom. The molecular formula is C21H28N4O. The maximum absolute atomic E-state index is 13.2. The van der Waals surface area contributed by atoms with Crippen molar-refractivity contribution in [2.45, 2.75) is 63.6 Å². The second-order valence-corrected chi connectivity index (χ2v) is 7.57. The first-order chi connectivity index (χ1) is 12.8. The molecule has 5 heteroatoms. The van der Waals surface area contributed by atoms with E-state index in [1.54, 1.807) is 0 Å². The van der Waals surface area contributed by atoms with Crippen LogP contribution in [0.25, 0.3) is 0 Å². The molecule has 2 aromatic rings. The molecule has 2 aliphatic rings. The number of fused-ring (bicyclic) bond motifs is 1. The first-order valence-corrected chi connectivity index (χ1v) is 9.88. The third-order valence-corrected chi connectivity index (χ3v) is 5.84. The molecule has 2 heterocycles. The van der Waals surface area contributed by atoms with Gasteiger partial charge in [-0.25, -0.2) is 0 Å². The molecule has 1 aromatic heterocycles. The van der Waals surface area contributed by atoms with Crippen molar-refractivity contribution in [1.82, 2.24) is 20.4 Å². The molecule has 1 aromatic carbocycles. The van der Waals surface area contributed by atoms with Crippen LogP contribution in [0.5, 0.6) is 0 Å². The van der Waals surface area contributed by atoms with E-state index in [1.165, 1.54) is 12.1 Å². The van der Waals surface area contributed by atoms with E-state index in [0.717, 1.165) is 63.0 Å². The van der Waals surface area contributed by atoms with Crippen molar-refractivity contribution in [3.05, 3.63) is 53.3 Å². The fourth-order valence-corrected chi connectivity index (χ4v) is 4.41. The maximum Gasteiger partial charge on any atom is 0.230 e. The summed E-state index contributed by atoms with van der Waals surface area (Å²) in [6.07, 6.45) is 6.43. The molecule has 5 nitrogen and oxygen atoms in total. The van der Waals surface area contributed by atoms with Gasteiger partial charge in [0.25, 0.3) is 0 Å². The van der Waals surface area contributed by atoms with E-state index in [9.17, 15) is 4.79 Å². The number of aromatic nitrogens is 2. The predicted octanol–water partition coefficient (Wildman–Crippen LogP) is 2.89. The number of benzene rings is 1. The van der Waals surface area contributed by atoms with Gasteiger partial charge in [0.05, 0.1) is 23.3 Å². The van der Waals surface area contributed by atoms with Crippen molar-refractivity contribution >= 4 is 5.91 Å². The van der Waals surface area contributed by atoms with Gasteiger partial charge in [0.2, 0.25) is 5.91 Å². The molecule has 0 atom stereocenters. The largest absolute Gasteiger partial charge is 0.350 e. The predicted molar refractivity (Wildman–Crippen MR) is 102 cm³/mol. The van der Waals surface area contributed by atoms with Crippen LogP contribution in [0.4, 0.5) is 0 Å². The fraction of sp³-hybridized carbons (Fsp3) is 0.524. The van der Waals surface area contributed by atoms with E-state index in [1.807, 2.05) is 18.2 Å². The zero-order chi connectivity index (χ0) is 17.8. The Bertz CT molecular complexity index is 723. The number of aryl methyl sites for hydroxylation is 1. The Balaban J connectivity index is 1.49. The van der Waals surface area contributed by atoms with Gasteiger partial charge in [0.15, 0.2) is 0 Å². The Hall–Kier alpha value is -2.14. The topological polar surface area (TPSA) is 59.0 Å². The molecule has 4 rings (SSSR count). The highest BCUT2D eigenvalue weighted by atomic mass is 16.2. The molecule has 1 aliphatic heterocycles. The molecule has 138 valence electrons. The van der Waals surface area contributed by atoms with Gasteiger partial charge in [0, 0.05) is 13.1 Å². The summed E-state index contributed by atoms with van der Waals surface area (Å²) >= 11 is 0. The van der Waals surface area contributed by atoms with Crippen LogP contribution in [0.1, 0.15) is 55.5 Å². The van der Waals surface area contributed by atoms with E-state index in [4.69, 9.17) is 0 Å². The second kappa shape index (κ2) is 7.62. The monoisotopic (exact) mass is 352 g/mol. The van der Waals surface area contributed by atoms with Gasteiger partial charge >= 0.3 is 0 Å². The van der Waals surface area contributed by atoms with E-state index in [0.29, 0.717) is 6.54 Å². The zero-order valence-electron chi connectivity index (χ0n) is 15.3. The lowest BCUT2D eigenvalue weighted by Gasteiger charge is -2.36. The van der Waals surface area contributed by atoms with Crippen molar-refractivity contribution in [3.8, 4) is 0 Å². The van der Waals surface area contributed by atoms with Crippen LogP contribution in [-0.2, 0) is 29.8 Å². The van der Waals surface area contributed by atoms with E-state index >= 15 is 0 Å². The van der Waals surface area contributed by atoms with Crippen LogP contribution in [-0.4, -0.2) is 22.2 Å². The number of nitrogens with zero attached hydrogens (tertiary/aromatic N) is 2. The number of carbonyl (C=O) groups is 1. The summed E-state index contributed by atoms with van der Waals surface area (Å²) in [5.74, 6) is 0.157. The molecule has 0 unspecified atom stereocenters. The minimum absolute atomic E-state index is 0.157. The average Bonchev–Trinajstić information content (AvgIpc) is 2.96. The number of nitrogens with one attached hydrogen (secondary N) is 2. The Morgan fingerprint density at radius 3 is 2.77 bits per heavy atom. The van der Waals surface area contributed by atoms with Gasteiger partial charge in [-0.1, -0.05) is 49.6 Å². The summed E-state index contributed by atoms with van der Waals surface area (Å²) in [7, 11) is 0. The van der Waals surface area contributed by atoms with Crippen molar-refractivity contribution in [2.24, 2.45) is 0 Å². The van der Waals surface area contributed by atoms with Gasteiger partial charge in [-0.05, 0) is 37.4 Å². The molecule has 2 N–H and O–H groups in total. The van der Waals surface area contributed by atoms with Crippen molar-refractivity contribution < 1.29 is 4.79 Å². The fourth-order valence-electron chi connectivity index (χ4n) is 4.41. The lowest BCUT2D eigenvalue weighted by molar-refractivity contribution is -0.128. The summed E-state index contributed by atoms with van der Waals surface area (Å²) in [6, 6.07) is 12.4. The van der Waals surface area contributed by atoms with Crippen LogP contribution >= 0.6 is 0 Å². The number of carbonyl (C=O) groups excluding carboxylic acids is 1. The summed E-state index contributed by atoms with van der Waals surface area (Å²) in [5, 5.41) is 11.3. The van der Waals surface area contributed by atoms with Gasteiger partial charge in [0.1, 0.15) is 0 Å². The first-order valence-electron chi connectivity index (χ1n) is 9.88. The van der Waals surface area contributed by atoms with Crippen LogP contribution in [0.3, 0.4) is 0 Å². The normalized spacial score (nSPS) is 19.4. The summed E-state index contributed by atoms with van der Waals surface area (Å²) in [6.45, 7) is 3.35. The highest BCUT2D eigenvalue weighted by Crippen LogP contribution is 2.39. The molecule has 0 radical (unpaired) electrons. The Labute approximate surface area is 155 Å². The molecule has 1 aliphatic carbocycles. The standard InChI is InChI=1S/C21H28N4O/c26-20(21(10-5-2-6-11-21)17-8-3-1-4-9-17)23-15-18-14-19-16-22-12-7-13-25(19)24-18/h1,3-4,8-9,14,22H,2,5-7,10-13,15-16H2,(H,23,26). The van der Waals surface area contributed by atoms with E-state index < -0.39 is 0 Å². The average molecular weight is 352 g/mol. The molecule has 0 saturated heterocycles. The number of rotatable bonds is 4. The molecule has 1 fully saturated rings. The van der Waals surface area contributed by atoms with E-state index in [2.05, 4.69) is 38.6 Å². The minimum Gasteiger partial charge on any atom is -0.350 e. The van der Waals surface area contributed by atoms with Gasteiger partial charge in [-0.3, -0.25) is 9.48 Å². The molecule has 0 spiro atoms. The lowest BCUT2D eigenvalue weighted by atomic mass is 9.68. The van der Waals surface area contributed by atoms with Crippen molar-refractivity contribution in [3.63, 3.8) is 0 Å². The summed E-state index contributed by atoms with van der Waals surface area (Å²) in [4.78, 5) is 13.2. The lowest BCUT2D eigenvalue weighted by Crippen LogP contribution is -2.45. The smallest absolute Gasteiger partial charge is 0.230 e. The molecule has 1 amide bonds. The second-order valence-electron chi connectivity index (χ2n) is 7.57. The maximum atomic E-state index is 13.2. The van der Waals surface area contributed by atoms with E-state index in [-0.39, 0.29) is 11.3 Å². The third-order valence-electron chi connectivity index (χ3n) is 5.84. The third kappa shape index (κ3) is 3.40. The highest BCUT2D eigenvalue weighted by Gasteiger charge is 2.40. The van der Waals surface area contributed by atoms with Gasteiger partial charge in [-0.2, -0.15) is 5.10 Å². The molecule has 0 bridgehead atoms. The number of hydrogen-bond acceptors (Lipinski definition) is 3. The molecule has 26 heavy (non-hydrogen) atoms. The van der Waals surface area contributed by atoms with Crippen LogP contribution in [0.2, 0.25) is 0 Å². The van der Waals surface area contributed by atoms with Crippen LogP contribution in [0, 0.1) is 0 Å². The first kappa shape index (κ1) is 17.3. The van der Waals surface area contributed by atoms with Crippen LogP contribution < -0.4 is 10.6 Å². The van der Waals surface area contributed by atoms with Crippen molar-refractivity contribution in [2.75, 3.05) is 6.54 Å². The Morgan fingerprint density at radius 1 is 1.15 bits per heavy atom. The highest BCUT2D eigenvalue weighted by molar-refractivity contribution is 5.88. The minimum atomic E-state index is -0.377. The molecule has 1 saturated carbocycles. The van der Waals surface area contributed by atoms with Crippen molar-refractivity contribution in [1.29, 1.82) is 0 Å². The van der Waals surface area contributed by atoms with Crippen LogP contribution in [0.15, 0.2) is 36.4 Å². The SMILES string of the molecule is O=C(NCc1cc2n(n1)CCCNC2)C1(c2ccccc2)CCCCC1. The summed E-state index contributed by atoms with van der Waals surface area (Å²) < 4.78 is 2.08. The number of hydrogen-bond donors (Lipinski definition) is 2.